The fraction of sp³-hybridized carbons (Fsp3) is 0.154. The third kappa shape index (κ3) is 5.97. The largest absolute Gasteiger partial charge is 0.478 e. The Morgan fingerprint density at radius 1 is 1.08 bits per heavy atom. The molecule has 0 saturated carbocycles. The number of aromatic nitrogens is 2. The van der Waals surface area contributed by atoms with Crippen molar-refractivity contribution in [2.45, 2.75) is 35.1 Å². The normalized spacial score (nSPS) is 12.1. The van der Waals surface area contributed by atoms with Gasteiger partial charge in [0.15, 0.2) is 5.16 Å². The summed E-state index contributed by atoms with van der Waals surface area (Å²) in [5.41, 5.74) is 0.898. The van der Waals surface area contributed by atoms with Crippen molar-refractivity contribution in [3.63, 3.8) is 0 Å². The summed E-state index contributed by atoms with van der Waals surface area (Å²) in [4.78, 5) is 15.5. The highest BCUT2D eigenvalue weighted by atomic mass is 35.5. The minimum atomic E-state index is -4.02. The number of nitrogens with two attached hydrogens (primary N) is 1. The molecule has 0 atom stereocenters. The lowest BCUT2D eigenvalue weighted by Crippen LogP contribution is -2.23. The summed E-state index contributed by atoms with van der Waals surface area (Å²) in [6.07, 6.45) is 1.61. The van der Waals surface area contributed by atoms with Crippen molar-refractivity contribution in [2.75, 3.05) is 0 Å². The number of rotatable bonds is 8. The number of imidazole rings is 1. The first-order chi connectivity index (χ1) is 18.2. The van der Waals surface area contributed by atoms with Crippen LogP contribution >= 0.6 is 35.0 Å². The van der Waals surface area contributed by atoms with E-state index in [-0.39, 0.29) is 31.8 Å². The van der Waals surface area contributed by atoms with Crippen LogP contribution < -0.4 is 5.14 Å². The van der Waals surface area contributed by atoms with Gasteiger partial charge < -0.3 is 5.11 Å². The van der Waals surface area contributed by atoms with Crippen LogP contribution in [0, 0.1) is 11.6 Å². The van der Waals surface area contributed by atoms with Crippen molar-refractivity contribution < 1.29 is 27.1 Å². The highest BCUT2D eigenvalue weighted by Crippen LogP contribution is 2.39. The first kappa shape index (κ1) is 29.0. The van der Waals surface area contributed by atoms with Gasteiger partial charge in [-0.05, 0) is 54.1 Å². The van der Waals surface area contributed by atoms with Crippen LogP contribution in [0.3, 0.4) is 0 Å². The molecular formula is C26H21Cl2F2N3O4S2. The lowest BCUT2D eigenvalue weighted by molar-refractivity contribution is 0.0696. The summed E-state index contributed by atoms with van der Waals surface area (Å²) in [6.45, 7) is 3.75. The van der Waals surface area contributed by atoms with E-state index in [1.54, 1.807) is 29.0 Å². The van der Waals surface area contributed by atoms with Crippen molar-refractivity contribution in [1.82, 2.24) is 9.55 Å². The number of thioether (sulfide) groups is 1. The summed E-state index contributed by atoms with van der Waals surface area (Å²) in [6, 6.07) is 12.2. The number of nitrogens with zero attached hydrogens (tertiary/aromatic N) is 2. The van der Waals surface area contributed by atoms with Crippen LogP contribution in [0.1, 0.15) is 41.0 Å². The van der Waals surface area contributed by atoms with Gasteiger partial charge in [0.25, 0.3) is 0 Å². The Hall–Kier alpha value is -2.96. The predicted octanol–water partition coefficient (Wildman–Crippen LogP) is 6.42. The second-order valence-corrected chi connectivity index (χ2v) is 12.4. The third-order valence-corrected chi connectivity index (χ3v) is 8.86. The first-order valence-corrected chi connectivity index (χ1v) is 14.5. The molecule has 7 nitrogen and oxygen atoms in total. The second-order valence-electron chi connectivity index (χ2n) is 9.07. The van der Waals surface area contributed by atoms with Crippen molar-refractivity contribution in [2.24, 2.45) is 5.14 Å². The highest BCUT2D eigenvalue weighted by Gasteiger charge is 2.31. The Balaban J connectivity index is 1.79. The number of aromatic carboxylic acids is 1. The molecule has 3 N–H and O–H groups in total. The van der Waals surface area contributed by atoms with Crippen LogP contribution in [0.25, 0.3) is 5.69 Å². The fourth-order valence-electron chi connectivity index (χ4n) is 3.99. The number of carbonyl (C=O) groups is 1. The van der Waals surface area contributed by atoms with Gasteiger partial charge in [0.1, 0.15) is 16.5 Å². The lowest BCUT2D eigenvalue weighted by atomic mass is 9.81. The average Bonchev–Trinajstić information content (AvgIpc) is 3.27. The van der Waals surface area contributed by atoms with Crippen molar-refractivity contribution in [3.8, 4) is 5.69 Å². The molecule has 0 unspecified atom stereocenters. The molecule has 204 valence electrons. The van der Waals surface area contributed by atoms with Crippen molar-refractivity contribution in [3.05, 3.63) is 105 Å². The Labute approximate surface area is 237 Å². The van der Waals surface area contributed by atoms with E-state index < -0.39 is 33.0 Å². The monoisotopic (exact) mass is 611 g/mol. The molecule has 0 radical (unpaired) electrons. The van der Waals surface area contributed by atoms with Gasteiger partial charge in [0.2, 0.25) is 10.0 Å². The number of halogens is 4. The van der Waals surface area contributed by atoms with Gasteiger partial charge in [-0.15, -0.1) is 0 Å². The first-order valence-electron chi connectivity index (χ1n) is 11.2. The van der Waals surface area contributed by atoms with Gasteiger partial charge in [-0.25, -0.2) is 32.1 Å². The van der Waals surface area contributed by atoms with Gasteiger partial charge in [-0.3, -0.25) is 4.57 Å². The number of sulfonamides is 1. The topological polar surface area (TPSA) is 115 Å². The Bertz CT molecular complexity index is 1670. The molecule has 4 aromatic rings. The molecule has 0 aliphatic rings. The number of benzene rings is 3. The van der Waals surface area contributed by atoms with Crippen LogP contribution in [0.15, 0.2) is 70.8 Å². The molecule has 0 bridgehead atoms. The quantitative estimate of drug-likeness (QED) is 0.222. The fourth-order valence-corrected chi connectivity index (χ4v) is 6.46. The summed E-state index contributed by atoms with van der Waals surface area (Å²) >= 11 is 13.6. The average molecular weight is 613 g/mol. The van der Waals surface area contributed by atoms with E-state index in [0.717, 1.165) is 17.8 Å². The van der Waals surface area contributed by atoms with Crippen LogP contribution in [0.5, 0.6) is 0 Å². The van der Waals surface area contributed by atoms with Gasteiger partial charge >= 0.3 is 5.97 Å². The maximum atomic E-state index is 14.7. The zero-order chi connectivity index (χ0) is 28.7. The molecule has 1 aromatic heterocycles. The molecular weight excluding hydrogens is 591 g/mol. The Kier molecular flexibility index (Phi) is 8.11. The molecule has 0 aliphatic heterocycles. The Morgan fingerprint density at radius 3 is 2.31 bits per heavy atom. The molecule has 0 saturated heterocycles. The van der Waals surface area contributed by atoms with Gasteiger partial charge in [-0.2, -0.15) is 0 Å². The standard InChI is InChI=1S/C26H21Cl2F2N3O4S2/c1-26(2,15-3-8-22(20(28)11-15)39(31,36)37)23-12-32-25(33(23)17-6-4-16(29)5-7-17)38-13-18-19(27)9-14(24(34)35)10-21(18)30/h3-12H,13H2,1-2H3,(H,34,35)(H2,31,36,37). The molecule has 0 aliphatic carbocycles. The molecule has 4 rings (SSSR count). The van der Waals surface area contributed by atoms with Crippen LogP contribution in [0.4, 0.5) is 8.78 Å². The number of carboxylic acids is 1. The van der Waals surface area contributed by atoms with Gasteiger partial charge in [-0.1, -0.05) is 54.9 Å². The molecule has 39 heavy (non-hydrogen) atoms. The van der Waals surface area contributed by atoms with E-state index >= 15 is 0 Å². The zero-order valence-corrected chi connectivity index (χ0v) is 23.6. The number of carboxylic acid groups (broad SMARTS) is 1. The van der Waals surface area contributed by atoms with Crippen LogP contribution in [-0.4, -0.2) is 29.0 Å². The van der Waals surface area contributed by atoms with Crippen LogP contribution in [0.2, 0.25) is 10.0 Å². The summed E-state index contributed by atoms with van der Waals surface area (Å²) < 4.78 is 53.9. The predicted molar refractivity (Wildman–Crippen MR) is 146 cm³/mol. The zero-order valence-electron chi connectivity index (χ0n) is 20.5. The third-order valence-electron chi connectivity index (χ3n) is 6.15. The molecule has 0 amide bonds. The SMILES string of the molecule is CC(C)(c1ccc(S(N)(=O)=O)c(Cl)c1)c1cnc(SCc2c(F)cc(C(=O)O)cc2Cl)n1-c1ccc(F)cc1. The van der Waals surface area contributed by atoms with E-state index in [4.69, 9.17) is 33.4 Å². The smallest absolute Gasteiger partial charge is 0.335 e. The van der Waals surface area contributed by atoms with E-state index in [1.807, 2.05) is 13.8 Å². The van der Waals surface area contributed by atoms with E-state index in [2.05, 4.69) is 4.98 Å². The summed E-state index contributed by atoms with van der Waals surface area (Å²) in [7, 11) is -4.02. The van der Waals surface area contributed by atoms with Crippen molar-refractivity contribution >= 4 is 51.0 Å². The van der Waals surface area contributed by atoms with E-state index in [9.17, 15) is 22.0 Å². The number of hydrogen-bond donors (Lipinski definition) is 2. The molecule has 13 heteroatoms. The minimum absolute atomic E-state index is 0.0253. The van der Waals surface area contributed by atoms with E-state index in [0.29, 0.717) is 22.1 Å². The molecule has 0 fully saturated rings. The minimum Gasteiger partial charge on any atom is -0.478 e. The maximum Gasteiger partial charge on any atom is 0.335 e. The maximum absolute atomic E-state index is 14.7. The molecule has 0 spiro atoms. The lowest BCUT2D eigenvalue weighted by Gasteiger charge is -2.28. The molecule has 1 heterocycles. The highest BCUT2D eigenvalue weighted by molar-refractivity contribution is 7.98. The van der Waals surface area contributed by atoms with E-state index in [1.165, 1.54) is 30.3 Å². The summed E-state index contributed by atoms with van der Waals surface area (Å²) in [5, 5.41) is 14.7. The number of primary sulfonamides is 1. The second kappa shape index (κ2) is 10.9. The Morgan fingerprint density at radius 2 is 1.74 bits per heavy atom. The summed E-state index contributed by atoms with van der Waals surface area (Å²) in [5.74, 6) is -2.48. The van der Waals surface area contributed by atoms with Gasteiger partial charge in [0.05, 0.1) is 22.5 Å². The number of hydrogen-bond acceptors (Lipinski definition) is 5. The van der Waals surface area contributed by atoms with Crippen molar-refractivity contribution in [1.29, 1.82) is 0 Å². The van der Waals surface area contributed by atoms with Crippen LogP contribution in [-0.2, 0) is 21.2 Å². The van der Waals surface area contributed by atoms with Gasteiger partial charge in [0, 0.05) is 27.4 Å². The molecule has 3 aromatic carbocycles.